The number of amides is 1. The zero-order chi connectivity index (χ0) is 24.3. The molecule has 178 valence electrons. The lowest BCUT2D eigenvalue weighted by molar-refractivity contribution is -0.127. The third-order valence-electron chi connectivity index (χ3n) is 5.54. The fourth-order valence-corrected chi connectivity index (χ4v) is 5.19. The maximum atomic E-state index is 13.5. The molecule has 34 heavy (non-hydrogen) atoms. The fourth-order valence-electron chi connectivity index (χ4n) is 3.73. The van der Waals surface area contributed by atoms with Crippen molar-refractivity contribution in [3.05, 3.63) is 83.4 Å². The molecule has 1 aliphatic heterocycles. The summed E-state index contributed by atoms with van der Waals surface area (Å²) in [6, 6.07) is 19.6. The minimum Gasteiger partial charge on any atom is -0.492 e. The van der Waals surface area contributed by atoms with Gasteiger partial charge < -0.3 is 14.8 Å². The second kappa shape index (κ2) is 9.77. The van der Waals surface area contributed by atoms with E-state index in [4.69, 9.17) is 9.47 Å². The van der Waals surface area contributed by atoms with Gasteiger partial charge in [-0.25, -0.2) is 8.42 Å². The Morgan fingerprint density at radius 3 is 2.44 bits per heavy atom. The van der Waals surface area contributed by atoms with Crippen molar-refractivity contribution < 1.29 is 22.7 Å². The second-order valence-corrected chi connectivity index (χ2v) is 10.2. The van der Waals surface area contributed by atoms with Crippen LogP contribution in [-0.2, 0) is 14.8 Å². The topological polar surface area (TPSA) is 84.9 Å². The van der Waals surface area contributed by atoms with Crippen LogP contribution in [0.25, 0.3) is 0 Å². The molecule has 0 fully saturated rings. The highest BCUT2D eigenvalue weighted by atomic mass is 32.2. The van der Waals surface area contributed by atoms with Crippen molar-refractivity contribution in [2.24, 2.45) is 0 Å². The predicted octanol–water partition coefficient (Wildman–Crippen LogP) is 3.76. The number of carbonyl (C=O) groups is 1. The summed E-state index contributed by atoms with van der Waals surface area (Å²) in [5.74, 6) is 0.676. The lowest BCUT2D eigenvalue weighted by Gasteiger charge is -2.35. The number of rotatable bonds is 7. The number of nitrogens with zero attached hydrogens (tertiary/aromatic N) is 1. The molecule has 1 heterocycles. The molecular formula is C26H28N2O5S. The number of nitrogens with one attached hydrogen (secondary N) is 1. The Bertz CT molecular complexity index is 1290. The zero-order valence-corrected chi connectivity index (χ0v) is 20.3. The number of ether oxygens (including phenoxy) is 2. The van der Waals surface area contributed by atoms with Gasteiger partial charge in [0.25, 0.3) is 15.9 Å². The van der Waals surface area contributed by atoms with Crippen molar-refractivity contribution in [1.29, 1.82) is 0 Å². The van der Waals surface area contributed by atoms with Crippen LogP contribution < -0.4 is 19.1 Å². The molecule has 0 radical (unpaired) electrons. The fraction of sp³-hybridized carbons (Fsp3) is 0.269. The molecule has 3 aromatic carbocycles. The van der Waals surface area contributed by atoms with Crippen LogP contribution in [0, 0.1) is 20.8 Å². The maximum Gasteiger partial charge on any atom is 0.264 e. The van der Waals surface area contributed by atoms with E-state index in [1.165, 1.54) is 4.31 Å². The summed E-state index contributed by atoms with van der Waals surface area (Å²) < 4.78 is 39.8. The Hall–Kier alpha value is -3.52. The Morgan fingerprint density at radius 2 is 1.71 bits per heavy atom. The van der Waals surface area contributed by atoms with Gasteiger partial charge in [-0.15, -0.1) is 0 Å². The number of hydrogen-bond acceptors (Lipinski definition) is 5. The minimum atomic E-state index is -3.89. The van der Waals surface area contributed by atoms with E-state index in [1.807, 2.05) is 51.1 Å². The van der Waals surface area contributed by atoms with Crippen molar-refractivity contribution in [2.75, 3.05) is 24.0 Å². The molecule has 0 bridgehead atoms. The number of hydrogen-bond donors (Lipinski definition) is 1. The lowest BCUT2D eigenvalue weighted by atomic mass is 10.1. The quantitative estimate of drug-likeness (QED) is 0.521. The molecule has 1 aliphatic rings. The third kappa shape index (κ3) is 5.17. The molecule has 0 spiro atoms. The van der Waals surface area contributed by atoms with E-state index in [1.54, 1.807) is 36.4 Å². The molecule has 0 aliphatic carbocycles. The molecule has 0 aromatic heterocycles. The van der Waals surface area contributed by atoms with E-state index in [-0.39, 0.29) is 24.6 Å². The number of carbonyl (C=O) groups excluding carboxylic acids is 1. The maximum absolute atomic E-state index is 13.5. The molecule has 0 saturated heterocycles. The summed E-state index contributed by atoms with van der Waals surface area (Å²) in [6.07, 6.45) is -0.991. The Labute approximate surface area is 200 Å². The molecule has 1 atom stereocenters. The average molecular weight is 481 g/mol. The number of fused-ring (bicyclic) bond motifs is 1. The monoisotopic (exact) mass is 480 g/mol. The normalized spacial score (nSPS) is 15.3. The zero-order valence-electron chi connectivity index (χ0n) is 19.4. The molecule has 1 amide bonds. The lowest BCUT2D eigenvalue weighted by Crippen LogP contribution is -2.51. The Morgan fingerprint density at radius 1 is 1.00 bits per heavy atom. The van der Waals surface area contributed by atoms with Crippen LogP contribution in [0.2, 0.25) is 0 Å². The van der Waals surface area contributed by atoms with Gasteiger partial charge in [-0.05, 0) is 68.3 Å². The van der Waals surface area contributed by atoms with Crippen LogP contribution in [0.4, 0.5) is 5.69 Å². The van der Waals surface area contributed by atoms with Gasteiger partial charge in [0.05, 0.1) is 23.7 Å². The summed E-state index contributed by atoms with van der Waals surface area (Å²) in [6.45, 7) is 6.17. The van der Waals surface area contributed by atoms with Gasteiger partial charge >= 0.3 is 0 Å². The molecular weight excluding hydrogens is 452 g/mol. The highest BCUT2D eigenvalue weighted by Gasteiger charge is 2.37. The Kier molecular flexibility index (Phi) is 6.79. The summed E-state index contributed by atoms with van der Waals surface area (Å²) in [5, 5.41) is 2.79. The Balaban J connectivity index is 1.49. The van der Waals surface area contributed by atoms with Crippen LogP contribution in [0.15, 0.2) is 71.6 Å². The van der Waals surface area contributed by atoms with Crippen molar-refractivity contribution in [3.8, 4) is 11.5 Å². The van der Waals surface area contributed by atoms with E-state index >= 15 is 0 Å². The van der Waals surface area contributed by atoms with Gasteiger partial charge in [0.2, 0.25) is 0 Å². The molecule has 1 N–H and O–H groups in total. The van der Waals surface area contributed by atoms with Crippen LogP contribution in [-0.4, -0.2) is 40.1 Å². The second-order valence-electron chi connectivity index (χ2n) is 8.38. The molecule has 0 unspecified atom stereocenters. The first-order valence-electron chi connectivity index (χ1n) is 11.1. The van der Waals surface area contributed by atoms with Crippen LogP contribution in [0.5, 0.6) is 11.5 Å². The van der Waals surface area contributed by atoms with Crippen molar-refractivity contribution in [1.82, 2.24) is 5.32 Å². The van der Waals surface area contributed by atoms with Gasteiger partial charge in [0.1, 0.15) is 18.1 Å². The number of aryl methyl sites for hydroxylation is 3. The van der Waals surface area contributed by atoms with Gasteiger partial charge in [-0.2, -0.15) is 0 Å². The van der Waals surface area contributed by atoms with E-state index in [2.05, 4.69) is 5.32 Å². The highest BCUT2D eigenvalue weighted by Crippen LogP contribution is 2.37. The SMILES string of the molecule is Cc1ccc(S(=O)(=O)N2C[C@H](C(=O)NCCOc3cccc(C)c3)Oc3ccc(C)cc32)cc1. The number of sulfonamides is 1. The van der Waals surface area contributed by atoms with E-state index in [0.717, 1.165) is 22.4 Å². The van der Waals surface area contributed by atoms with E-state index < -0.39 is 22.0 Å². The largest absolute Gasteiger partial charge is 0.492 e. The van der Waals surface area contributed by atoms with Crippen molar-refractivity contribution in [3.63, 3.8) is 0 Å². The van der Waals surface area contributed by atoms with Gasteiger partial charge in [0, 0.05) is 0 Å². The third-order valence-corrected chi connectivity index (χ3v) is 7.34. The molecule has 4 rings (SSSR count). The molecule has 3 aromatic rings. The summed E-state index contributed by atoms with van der Waals surface area (Å²) in [7, 11) is -3.89. The highest BCUT2D eigenvalue weighted by molar-refractivity contribution is 7.92. The molecule has 0 saturated carbocycles. The van der Waals surface area contributed by atoms with Crippen LogP contribution >= 0.6 is 0 Å². The van der Waals surface area contributed by atoms with E-state index in [0.29, 0.717) is 11.4 Å². The predicted molar refractivity (Wildman–Crippen MR) is 131 cm³/mol. The van der Waals surface area contributed by atoms with Gasteiger partial charge in [-0.3, -0.25) is 9.10 Å². The van der Waals surface area contributed by atoms with Crippen molar-refractivity contribution in [2.45, 2.75) is 31.8 Å². The molecule has 8 heteroatoms. The first-order valence-corrected chi connectivity index (χ1v) is 12.5. The van der Waals surface area contributed by atoms with Crippen molar-refractivity contribution >= 4 is 21.6 Å². The number of anilines is 1. The average Bonchev–Trinajstić information content (AvgIpc) is 2.81. The summed E-state index contributed by atoms with van der Waals surface area (Å²) >= 11 is 0. The van der Waals surface area contributed by atoms with Crippen LogP contribution in [0.1, 0.15) is 16.7 Å². The van der Waals surface area contributed by atoms with E-state index in [9.17, 15) is 13.2 Å². The summed E-state index contributed by atoms with van der Waals surface area (Å²) in [5.41, 5.74) is 3.36. The van der Waals surface area contributed by atoms with Gasteiger partial charge in [-0.1, -0.05) is 35.9 Å². The minimum absolute atomic E-state index is 0.128. The standard InChI is InChI=1S/C26H28N2O5S/c1-18-7-10-22(11-8-18)34(30,31)28-17-25(33-24-12-9-20(3)16-23(24)28)26(29)27-13-14-32-21-6-4-5-19(2)15-21/h4-12,15-16,25H,13-14,17H2,1-3H3,(H,27,29)/t25-/m1/s1. The summed E-state index contributed by atoms with van der Waals surface area (Å²) in [4.78, 5) is 13.0. The first kappa shape index (κ1) is 23.6. The smallest absolute Gasteiger partial charge is 0.264 e. The van der Waals surface area contributed by atoms with Gasteiger partial charge in [0.15, 0.2) is 6.10 Å². The van der Waals surface area contributed by atoms with Crippen LogP contribution in [0.3, 0.4) is 0 Å². The number of benzene rings is 3. The first-order chi connectivity index (χ1) is 16.2. The molecule has 7 nitrogen and oxygen atoms in total.